The summed E-state index contributed by atoms with van der Waals surface area (Å²) in [5.41, 5.74) is 9.91. The molecule has 3 fully saturated rings. The smallest absolute Gasteiger partial charge is 0.402 e. The predicted molar refractivity (Wildman–Crippen MR) is 131 cm³/mol. The molecule has 4 nitrogen and oxygen atoms in total. The van der Waals surface area contributed by atoms with Crippen molar-refractivity contribution < 1.29 is 17.9 Å². The van der Waals surface area contributed by atoms with Crippen LogP contribution in [0.3, 0.4) is 0 Å². The molecule has 35 heavy (non-hydrogen) atoms. The van der Waals surface area contributed by atoms with Gasteiger partial charge in [0.15, 0.2) is 0 Å². The number of alkyl halides is 3. The molecule has 1 spiro atoms. The van der Waals surface area contributed by atoms with Crippen molar-refractivity contribution in [3.05, 3.63) is 74.9 Å². The molecule has 2 N–H and O–H groups in total. The Morgan fingerprint density at radius 1 is 1.17 bits per heavy atom. The maximum absolute atomic E-state index is 13.2. The van der Waals surface area contributed by atoms with Gasteiger partial charge in [-0.1, -0.05) is 64.4 Å². The van der Waals surface area contributed by atoms with Crippen molar-refractivity contribution in [2.75, 3.05) is 0 Å². The minimum Gasteiger partial charge on any atom is -0.402 e. The van der Waals surface area contributed by atoms with Gasteiger partial charge in [0.2, 0.25) is 0 Å². The molecular formula is C28H35F3N2O2. The molecule has 1 aliphatic heterocycles. The molecule has 0 radical (unpaired) electrons. The van der Waals surface area contributed by atoms with Crippen molar-refractivity contribution in [2.24, 2.45) is 22.2 Å². The maximum atomic E-state index is 13.2. The first-order valence-corrected chi connectivity index (χ1v) is 12.4. The van der Waals surface area contributed by atoms with Gasteiger partial charge in [0.1, 0.15) is 12.1 Å². The number of nitroso groups, excluding NO2 is 1. The Balaban J connectivity index is 1.96. The first-order valence-electron chi connectivity index (χ1n) is 12.4. The molecule has 1 aromatic rings. The second-order valence-corrected chi connectivity index (χ2v) is 11.4. The van der Waals surface area contributed by atoms with Gasteiger partial charge in [0.25, 0.3) is 0 Å². The van der Waals surface area contributed by atoms with E-state index >= 15 is 0 Å². The molecule has 3 aliphatic rings. The SMILES string of the molecule is C=C1CC(C)(C)CC(N=O)C1=C1/C(=C(\N)C(C)C)[C@@H](c2ccc(C(F)(F)F)cc2)OC12CCCC2. The molecule has 2 atom stereocenters. The van der Waals surface area contributed by atoms with E-state index in [0.717, 1.165) is 66.5 Å². The van der Waals surface area contributed by atoms with Crippen LogP contribution < -0.4 is 5.73 Å². The molecule has 1 aromatic carbocycles. The van der Waals surface area contributed by atoms with Crippen molar-refractivity contribution in [2.45, 2.75) is 90.1 Å². The zero-order valence-electron chi connectivity index (χ0n) is 21.0. The van der Waals surface area contributed by atoms with Gasteiger partial charge < -0.3 is 10.5 Å². The van der Waals surface area contributed by atoms with Crippen LogP contribution >= 0.6 is 0 Å². The van der Waals surface area contributed by atoms with Gasteiger partial charge in [-0.15, -0.1) is 0 Å². The summed E-state index contributed by atoms with van der Waals surface area (Å²) in [4.78, 5) is 12.1. The summed E-state index contributed by atoms with van der Waals surface area (Å²) in [5, 5.41) is 3.54. The van der Waals surface area contributed by atoms with Gasteiger partial charge in [0, 0.05) is 11.3 Å². The van der Waals surface area contributed by atoms with E-state index in [0.29, 0.717) is 17.7 Å². The quantitative estimate of drug-likeness (QED) is 0.442. The zero-order chi connectivity index (χ0) is 25.8. The Morgan fingerprint density at radius 2 is 1.77 bits per heavy atom. The summed E-state index contributed by atoms with van der Waals surface area (Å²) >= 11 is 0. The largest absolute Gasteiger partial charge is 0.416 e. The molecule has 190 valence electrons. The van der Waals surface area contributed by atoms with Crippen LogP contribution in [0.4, 0.5) is 13.2 Å². The number of ether oxygens (including phenoxy) is 1. The van der Waals surface area contributed by atoms with Gasteiger partial charge in [-0.3, -0.25) is 0 Å². The highest BCUT2D eigenvalue weighted by Gasteiger charge is 2.54. The Hall–Kier alpha value is -2.41. The Kier molecular flexibility index (Phi) is 6.54. The third kappa shape index (κ3) is 4.59. The van der Waals surface area contributed by atoms with E-state index in [9.17, 15) is 18.1 Å². The van der Waals surface area contributed by atoms with Gasteiger partial charge in [-0.25, -0.2) is 0 Å². The van der Waals surface area contributed by atoms with Gasteiger partial charge in [-0.05, 0) is 71.4 Å². The normalized spacial score (nSPS) is 29.8. The lowest BCUT2D eigenvalue weighted by Crippen LogP contribution is -2.34. The predicted octanol–water partition coefficient (Wildman–Crippen LogP) is 7.77. The van der Waals surface area contributed by atoms with Crippen LogP contribution in [-0.4, -0.2) is 11.6 Å². The molecule has 0 amide bonds. The highest BCUT2D eigenvalue weighted by molar-refractivity contribution is 5.59. The molecule has 1 saturated heterocycles. The molecule has 1 heterocycles. The summed E-state index contributed by atoms with van der Waals surface area (Å²) in [6.45, 7) is 12.6. The number of halogens is 3. The molecule has 1 unspecified atom stereocenters. The molecule has 7 heteroatoms. The number of rotatable bonds is 3. The number of nitrogens with two attached hydrogens (primary N) is 1. The molecule has 2 saturated carbocycles. The van der Waals surface area contributed by atoms with Crippen molar-refractivity contribution in [1.29, 1.82) is 0 Å². The number of allylic oxidation sites excluding steroid dienone is 1. The van der Waals surface area contributed by atoms with Crippen LogP contribution in [0.2, 0.25) is 0 Å². The fraction of sp³-hybridized carbons (Fsp3) is 0.571. The zero-order valence-corrected chi connectivity index (χ0v) is 21.0. The van der Waals surface area contributed by atoms with Crippen LogP contribution in [0.15, 0.2) is 64.0 Å². The Labute approximate surface area is 205 Å². The van der Waals surface area contributed by atoms with E-state index in [2.05, 4.69) is 25.6 Å². The van der Waals surface area contributed by atoms with Crippen LogP contribution in [0, 0.1) is 16.2 Å². The third-order valence-corrected chi connectivity index (χ3v) is 7.76. The maximum Gasteiger partial charge on any atom is 0.416 e. The highest BCUT2D eigenvalue weighted by Crippen LogP contribution is 2.59. The summed E-state index contributed by atoms with van der Waals surface area (Å²) in [6.07, 6.45) is -0.251. The third-order valence-electron chi connectivity index (χ3n) is 7.76. The lowest BCUT2D eigenvalue weighted by Gasteiger charge is -2.38. The number of nitrogens with zero attached hydrogens (tertiary/aromatic N) is 1. The Bertz CT molecular complexity index is 1070. The van der Waals surface area contributed by atoms with E-state index in [1.165, 1.54) is 12.1 Å². The fourth-order valence-corrected chi connectivity index (χ4v) is 6.15. The van der Waals surface area contributed by atoms with E-state index in [4.69, 9.17) is 10.5 Å². The topological polar surface area (TPSA) is 64.7 Å². The standard InChI is InChI=1S/C28H35F3N2O2/c1-16(2)24(32)22-23(21-17(3)14-26(4,5)15-20(21)33-34)27(12-6-7-13-27)35-25(22)18-8-10-19(11-9-18)28(29,30)31/h8-11,16,20,25H,3,6-7,12-15,32H2,1-2,4-5H3/b23-21?,24-22+/t20?,25-/m1/s1. The van der Waals surface area contributed by atoms with Gasteiger partial charge in [-0.2, -0.15) is 18.1 Å². The number of hydrogen-bond donors (Lipinski definition) is 1. The summed E-state index contributed by atoms with van der Waals surface area (Å²) < 4.78 is 46.5. The summed E-state index contributed by atoms with van der Waals surface area (Å²) in [6, 6.07) is 4.57. The van der Waals surface area contributed by atoms with Crippen molar-refractivity contribution in [1.82, 2.24) is 0 Å². The minimum atomic E-state index is -4.42. The fourth-order valence-electron chi connectivity index (χ4n) is 6.15. The van der Waals surface area contributed by atoms with Gasteiger partial charge >= 0.3 is 6.18 Å². The molecule has 4 rings (SSSR count). The minimum absolute atomic E-state index is 0.0198. The van der Waals surface area contributed by atoms with Crippen molar-refractivity contribution >= 4 is 0 Å². The number of hydrogen-bond acceptors (Lipinski definition) is 4. The van der Waals surface area contributed by atoms with Gasteiger partial charge in [0.05, 0.1) is 11.2 Å². The van der Waals surface area contributed by atoms with E-state index in [1.54, 1.807) is 0 Å². The summed E-state index contributed by atoms with van der Waals surface area (Å²) in [7, 11) is 0. The molecular weight excluding hydrogens is 453 g/mol. The van der Waals surface area contributed by atoms with Crippen LogP contribution in [0.25, 0.3) is 0 Å². The van der Waals surface area contributed by atoms with Crippen LogP contribution in [0.5, 0.6) is 0 Å². The first kappa shape index (κ1) is 25.7. The lowest BCUT2D eigenvalue weighted by atomic mass is 9.67. The lowest BCUT2D eigenvalue weighted by molar-refractivity contribution is -0.137. The molecule has 0 aromatic heterocycles. The summed E-state index contributed by atoms with van der Waals surface area (Å²) in [5.74, 6) is -0.0198. The van der Waals surface area contributed by atoms with E-state index in [-0.39, 0.29) is 11.3 Å². The van der Waals surface area contributed by atoms with Crippen LogP contribution in [0.1, 0.15) is 83.5 Å². The number of benzene rings is 1. The second-order valence-electron chi connectivity index (χ2n) is 11.4. The Morgan fingerprint density at radius 3 is 2.29 bits per heavy atom. The first-order chi connectivity index (χ1) is 16.3. The van der Waals surface area contributed by atoms with Crippen molar-refractivity contribution in [3.63, 3.8) is 0 Å². The molecule has 0 bridgehead atoms. The average Bonchev–Trinajstić information content (AvgIpc) is 3.37. The van der Waals surface area contributed by atoms with Crippen molar-refractivity contribution in [3.8, 4) is 0 Å². The average molecular weight is 489 g/mol. The second kappa shape index (κ2) is 8.91. The van der Waals surface area contributed by atoms with Crippen LogP contribution in [-0.2, 0) is 10.9 Å². The molecule has 2 aliphatic carbocycles. The van der Waals surface area contributed by atoms with E-state index in [1.807, 2.05) is 13.8 Å². The highest BCUT2D eigenvalue weighted by atomic mass is 19.4. The van der Waals surface area contributed by atoms with E-state index < -0.39 is 29.5 Å². The monoisotopic (exact) mass is 488 g/mol.